The molecule has 0 bridgehead atoms. The number of halogens is 1. The number of fused-ring (bicyclic) bond motifs is 1. The van der Waals surface area contributed by atoms with Crippen LogP contribution in [-0.4, -0.2) is 0 Å². The number of benzene rings is 2. The Kier molecular flexibility index (Phi) is 2.79. The second-order valence-electron chi connectivity index (χ2n) is 4.83. The van der Waals surface area contributed by atoms with Gasteiger partial charge in [0, 0.05) is 4.47 Å². The van der Waals surface area contributed by atoms with Crippen molar-refractivity contribution in [3.63, 3.8) is 0 Å². The molecule has 3 aliphatic carbocycles. The van der Waals surface area contributed by atoms with Crippen molar-refractivity contribution >= 4 is 15.9 Å². The standard InChI is InChI=1S/C10H12.C6H3Br/c1-8-6-7-9-4-2-3-5-10(8)9;7-6-3-4-1-2-5(4)6/h2-5,8H,6-7H2,1H3;1-3H. The Balaban J connectivity index is 0.000000113. The molecule has 4 rings (SSSR count). The maximum atomic E-state index is 3.37. The molecule has 0 aromatic heterocycles. The van der Waals surface area contributed by atoms with Crippen LogP contribution < -0.4 is 0 Å². The summed E-state index contributed by atoms with van der Waals surface area (Å²) in [4.78, 5) is 0. The molecule has 1 heteroatoms. The van der Waals surface area contributed by atoms with Crippen LogP contribution in [0, 0.1) is 10.4 Å². The highest BCUT2D eigenvalue weighted by Gasteiger charge is 2.16. The molecule has 3 aliphatic rings. The molecule has 0 nitrogen and oxygen atoms in total. The van der Waals surface area contributed by atoms with E-state index in [1.807, 2.05) is 0 Å². The van der Waals surface area contributed by atoms with E-state index < -0.39 is 0 Å². The molecule has 0 saturated heterocycles. The van der Waals surface area contributed by atoms with E-state index in [2.05, 4.69) is 65.3 Å². The van der Waals surface area contributed by atoms with Gasteiger partial charge in [-0.25, -0.2) is 0 Å². The van der Waals surface area contributed by atoms with E-state index >= 15 is 0 Å². The molecular weight excluding hydrogens is 272 g/mol. The molecule has 1 unspecified atom stereocenters. The zero-order valence-corrected chi connectivity index (χ0v) is 11.5. The van der Waals surface area contributed by atoms with Gasteiger partial charge < -0.3 is 0 Å². The van der Waals surface area contributed by atoms with Crippen molar-refractivity contribution in [2.45, 2.75) is 25.7 Å². The third kappa shape index (κ3) is 1.93. The first-order valence-electron chi connectivity index (χ1n) is 6.13. The molecule has 1 aromatic carbocycles. The van der Waals surface area contributed by atoms with Gasteiger partial charge in [0.1, 0.15) is 0 Å². The molecule has 86 valence electrons. The maximum absolute atomic E-state index is 3.37. The largest absolute Gasteiger partial charge is 0.0620 e. The van der Waals surface area contributed by atoms with Crippen LogP contribution in [0.1, 0.15) is 30.4 Å². The Hall–Kier alpha value is -1.08. The van der Waals surface area contributed by atoms with Gasteiger partial charge in [-0.05, 0) is 46.4 Å². The lowest BCUT2D eigenvalue weighted by Crippen LogP contribution is -1.85. The Morgan fingerprint density at radius 3 is 2.41 bits per heavy atom. The summed E-state index contributed by atoms with van der Waals surface area (Å²) in [6.45, 7) is 2.31. The summed E-state index contributed by atoms with van der Waals surface area (Å²) in [5, 5.41) is 2.78. The van der Waals surface area contributed by atoms with Gasteiger partial charge in [-0.2, -0.15) is 0 Å². The van der Waals surface area contributed by atoms with E-state index in [9.17, 15) is 0 Å². The van der Waals surface area contributed by atoms with E-state index in [1.54, 1.807) is 11.1 Å². The molecule has 0 amide bonds. The molecule has 0 heterocycles. The van der Waals surface area contributed by atoms with Gasteiger partial charge in [-0.1, -0.05) is 59.3 Å². The highest BCUT2D eigenvalue weighted by Crippen LogP contribution is 2.31. The van der Waals surface area contributed by atoms with Crippen LogP contribution in [0.5, 0.6) is 0 Å². The normalized spacial score (nSPS) is 18.1. The summed E-state index contributed by atoms with van der Waals surface area (Å²) in [6, 6.07) is 15.1. The number of hydrogen-bond acceptors (Lipinski definition) is 0. The molecule has 0 spiro atoms. The summed E-state index contributed by atoms with van der Waals surface area (Å²) in [5.41, 5.74) is 3.14. The van der Waals surface area contributed by atoms with Gasteiger partial charge in [-0.15, -0.1) is 0 Å². The fraction of sp³-hybridized carbons (Fsp3) is 0.250. The van der Waals surface area contributed by atoms with Crippen molar-refractivity contribution in [1.82, 2.24) is 0 Å². The number of rotatable bonds is 0. The van der Waals surface area contributed by atoms with Crippen molar-refractivity contribution in [2.75, 3.05) is 0 Å². The summed E-state index contributed by atoms with van der Waals surface area (Å²) < 4.78 is 1.25. The first kappa shape index (κ1) is 11.0. The quantitative estimate of drug-likeness (QED) is 0.558. The predicted octanol–water partition coefficient (Wildman–Crippen LogP) is 4.79. The fourth-order valence-corrected chi connectivity index (χ4v) is 3.12. The van der Waals surface area contributed by atoms with E-state index in [-0.39, 0.29) is 0 Å². The summed E-state index contributed by atoms with van der Waals surface area (Å²) in [7, 11) is 0. The van der Waals surface area contributed by atoms with Gasteiger partial charge in [0.05, 0.1) is 0 Å². The zero-order valence-electron chi connectivity index (χ0n) is 9.91. The van der Waals surface area contributed by atoms with Gasteiger partial charge in [0.2, 0.25) is 0 Å². The van der Waals surface area contributed by atoms with Crippen LogP contribution >= 0.6 is 15.9 Å². The minimum Gasteiger partial charge on any atom is -0.0620 e. The second kappa shape index (κ2) is 4.30. The lowest BCUT2D eigenvalue weighted by atomic mass is 10.0. The summed E-state index contributed by atoms with van der Waals surface area (Å²) in [5.74, 6) is 0.802. The van der Waals surface area contributed by atoms with Crippen molar-refractivity contribution in [2.24, 2.45) is 0 Å². The Labute approximate surface area is 110 Å². The molecule has 0 N–H and O–H groups in total. The van der Waals surface area contributed by atoms with Gasteiger partial charge in [0.15, 0.2) is 0 Å². The molecule has 1 atom stereocenters. The third-order valence-electron chi connectivity index (χ3n) is 3.71. The topological polar surface area (TPSA) is 0 Å². The minimum atomic E-state index is 0.802. The van der Waals surface area contributed by atoms with Crippen molar-refractivity contribution in [3.05, 3.63) is 68.5 Å². The molecule has 0 saturated carbocycles. The molecule has 1 aromatic rings. The number of aryl methyl sites for hydroxylation is 1. The first-order valence-corrected chi connectivity index (χ1v) is 6.93. The van der Waals surface area contributed by atoms with Crippen molar-refractivity contribution < 1.29 is 0 Å². The lowest BCUT2D eigenvalue weighted by Gasteiger charge is -2.02. The molecular formula is C16H15Br. The minimum absolute atomic E-state index is 0.802. The van der Waals surface area contributed by atoms with Crippen LogP contribution in [0.25, 0.3) is 0 Å². The second-order valence-corrected chi connectivity index (χ2v) is 5.69. The summed E-state index contributed by atoms with van der Waals surface area (Å²) in [6.07, 6.45) is 2.64. The Morgan fingerprint density at radius 2 is 1.94 bits per heavy atom. The van der Waals surface area contributed by atoms with Crippen molar-refractivity contribution in [3.8, 4) is 0 Å². The Morgan fingerprint density at radius 1 is 1.12 bits per heavy atom. The molecule has 0 radical (unpaired) electrons. The Bertz CT molecular complexity index is 643. The van der Waals surface area contributed by atoms with Gasteiger partial charge in [-0.3, -0.25) is 0 Å². The van der Waals surface area contributed by atoms with Crippen LogP contribution in [0.3, 0.4) is 0 Å². The number of hydrogen-bond donors (Lipinski definition) is 0. The highest BCUT2D eigenvalue weighted by molar-refractivity contribution is 9.10. The molecule has 17 heavy (non-hydrogen) atoms. The first-order chi connectivity index (χ1) is 8.25. The van der Waals surface area contributed by atoms with E-state index in [0.29, 0.717) is 0 Å². The third-order valence-corrected chi connectivity index (χ3v) is 4.37. The zero-order chi connectivity index (χ0) is 11.8. The van der Waals surface area contributed by atoms with Crippen LogP contribution in [0.15, 0.2) is 46.9 Å². The molecule has 0 aliphatic heterocycles. The molecule has 0 fully saturated rings. The van der Waals surface area contributed by atoms with E-state index in [0.717, 1.165) is 5.92 Å². The van der Waals surface area contributed by atoms with E-state index in [1.165, 1.54) is 27.8 Å². The van der Waals surface area contributed by atoms with Gasteiger partial charge >= 0.3 is 0 Å². The monoisotopic (exact) mass is 286 g/mol. The van der Waals surface area contributed by atoms with Gasteiger partial charge in [0.25, 0.3) is 0 Å². The smallest absolute Gasteiger partial charge is 0.0259 e. The van der Waals surface area contributed by atoms with Crippen LogP contribution in [0.2, 0.25) is 0 Å². The fourth-order valence-electron chi connectivity index (χ4n) is 2.51. The summed E-state index contributed by atoms with van der Waals surface area (Å²) >= 11 is 3.37. The SMILES string of the molecule is Brc1cc2ccc1=2.CC1CCc2ccccc21. The average Bonchev–Trinajstić information content (AvgIpc) is 2.69. The maximum Gasteiger partial charge on any atom is 0.0259 e. The average molecular weight is 287 g/mol. The van der Waals surface area contributed by atoms with Crippen LogP contribution in [-0.2, 0) is 6.42 Å². The highest BCUT2D eigenvalue weighted by atomic mass is 79.9. The van der Waals surface area contributed by atoms with Crippen molar-refractivity contribution in [1.29, 1.82) is 0 Å². The van der Waals surface area contributed by atoms with Crippen LogP contribution in [0.4, 0.5) is 0 Å². The lowest BCUT2D eigenvalue weighted by molar-refractivity contribution is 0.747. The van der Waals surface area contributed by atoms with E-state index in [4.69, 9.17) is 0 Å². The predicted molar refractivity (Wildman–Crippen MR) is 75.0 cm³/mol.